The fraction of sp³-hybridized carbons (Fsp3) is 0.214. The predicted molar refractivity (Wildman–Crippen MR) is 74.7 cm³/mol. The summed E-state index contributed by atoms with van der Waals surface area (Å²) in [5.41, 5.74) is 1.48. The normalized spacial score (nSPS) is 16.1. The smallest absolute Gasteiger partial charge is 0.429 e. The Morgan fingerprint density at radius 1 is 1.29 bits per heavy atom. The number of methoxy groups -OCH3 is 1. The van der Waals surface area contributed by atoms with Gasteiger partial charge in [-0.25, -0.2) is 4.79 Å². The topological polar surface area (TPSA) is 76.1 Å². The molecule has 0 unspecified atom stereocenters. The van der Waals surface area contributed by atoms with Crippen LogP contribution in [-0.4, -0.2) is 44.5 Å². The zero-order valence-electron chi connectivity index (χ0n) is 11.8. The Balaban J connectivity index is 2.36. The van der Waals surface area contributed by atoms with Crippen molar-refractivity contribution >= 4 is 30.2 Å². The molecule has 110 valence electrons. The molecule has 21 heavy (non-hydrogen) atoms. The highest BCUT2D eigenvalue weighted by molar-refractivity contribution is 6.16. The molecule has 0 bridgehead atoms. The van der Waals surface area contributed by atoms with Crippen molar-refractivity contribution in [3.05, 3.63) is 29.5 Å². The molecule has 1 aromatic carbocycles. The van der Waals surface area contributed by atoms with E-state index in [-0.39, 0.29) is 12.2 Å². The number of ether oxygens (including phenoxy) is 2. The van der Waals surface area contributed by atoms with E-state index < -0.39 is 12.0 Å². The summed E-state index contributed by atoms with van der Waals surface area (Å²) in [5, 5.41) is 0. The molecule has 0 aromatic heterocycles. The van der Waals surface area contributed by atoms with E-state index in [0.717, 1.165) is 5.69 Å². The van der Waals surface area contributed by atoms with E-state index in [9.17, 15) is 14.4 Å². The third-order valence-corrected chi connectivity index (χ3v) is 2.91. The van der Waals surface area contributed by atoms with Gasteiger partial charge in [-0.05, 0) is 23.8 Å². The number of hydrogen-bond acceptors (Lipinski definition) is 6. The number of cyclic esters (lactones) is 1. The maximum absolute atomic E-state index is 11.7. The van der Waals surface area contributed by atoms with Crippen LogP contribution in [0.4, 0.5) is 10.5 Å². The van der Waals surface area contributed by atoms with E-state index in [1.54, 1.807) is 12.1 Å². The quantitative estimate of drug-likeness (QED) is 0.613. The lowest BCUT2D eigenvalue weighted by Gasteiger charge is -2.16. The SMILES string of the molecule is COc1cc(/C=C2/OC(=O)N(C=O)C2=O)ccc1N(C)C. The van der Waals surface area contributed by atoms with Gasteiger partial charge in [-0.2, -0.15) is 4.90 Å². The molecule has 1 aliphatic rings. The van der Waals surface area contributed by atoms with Crippen LogP contribution in [0.3, 0.4) is 0 Å². The Hall–Kier alpha value is -2.83. The lowest BCUT2D eigenvalue weighted by atomic mass is 10.1. The average Bonchev–Trinajstić information content (AvgIpc) is 2.72. The van der Waals surface area contributed by atoms with Crippen molar-refractivity contribution in [3.63, 3.8) is 0 Å². The van der Waals surface area contributed by atoms with Gasteiger partial charge in [0, 0.05) is 14.1 Å². The number of nitrogens with zero attached hydrogens (tertiary/aromatic N) is 2. The second kappa shape index (κ2) is 5.66. The molecular formula is C14H14N2O5. The van der Waals surface area contributed by atoms with Crippen LogP contribution in [0.2, 0.25) is 0 Å². The molecule has 1 fully saturated rings. The first-order chi connectivity index (χ1) is 9.97. The van der Waals surface area contributed by atoms with E-state index >= 15 is 0 Å². The van der Waals surface area contributed by atoms with Gasteiger partial charge in [0.15, 0.2) is 5.76 Å². The number of rotatable bonds is 4. The van der Waals surface area contributed by atoms with Crippen molar-refractivity contribution in [2.24, 2.45) is 0 Å². The van der Waals surface area contributed by atoms with Crippen LogP contribution in [0.15, 0.2) is 24.0 Å². The van der Waals surface area contributed by atoms with Crippen molar-refractivity contribution in [1.29, 1.82) is 0 Å². The van der Waals surface area contributed by atoms with Gasteiger partial charge in [0.1, 0.15) is 5.75 Å². The third-order valence-electron chi connectivity index (χ3n) is 2.91. The summed E-state index contributed by atoms with van der Waals surface area (Å²) < 4.78 is 10.0. The fourth-order valence-electron chi connectivity index (χ4n) is 1.88. The molecule has 0 spiro atoms. The van der Waals surface area contributed by atoms with Crippen LogP contribution in [-0.2, 0) is 14.3 Å². The number of imide groups is 3. The molecule has 1 aliphatic heterocycles. The summed E-state index contributed by atoms with van der Waals surface area (Å²) in [6, 6.07) is 5.26. The van der Waals surface area contributed by atoms with E-state index in [4.69, 9.17) is 9.47 Å². The minimum atomic E-state index is -1.00. The van der Waals surface area contributed by atoms with Crippen molar-refractivity contribution in [1.82, 2.24) is 4.90 Å². The molecular weight excluding hydrogens is 276 g/mol. The molecule has 0 atom stereocenters. The molecule has 1 aromatic rings. The van der Waals surface area contributed by atoms with Crippen molar-refractivity contribution in [2.45, 2.75) is 0 Å². The van der Waals surface area contributed by atoms with Gasteiger partial charge in [-0.15, -0.1) is 0 Å². The predicted octanol–water partition coefficient (Wildman–Crippen LogP) is 1.24. The van der Waals surface area contributed by atoms with E-state index in [2.05, 4.69) is 0 Å². The van der Waals surface area contributed by atoms with Crippen molar-refractivity contribution in [2.75, 3.05) is 26.1 Å². The number of anilines is 1. The number of hydrogen-bond donors (Lipinski definition) is 0. The van der Waals surface area contributed by atoms with Crippen LogP contribution in [0.5, 0.6) is 5.75 Å². The first kappa shape index (κ1) is 14.6. The van der Waals surface area contributed by atoms with Gasteiger partial charge >= 0.3 is 12.0 Å². The highest BCUT2D eigenvalue weighted by Crippen LogP contribution is 2.29. The lowest BCUT2D eigenvalue weighted by Crippen LogP contribution is -2.26. The second-order valence-corrected chi connectivity index (χ2v) is 4.48. The van der Waals surface area contributed by atoms with Crippen LogP contribution >= 0.6 is 0 Å². The number of carbonyl (C=O) groups is 3. The Labute approximate surface area is 121 Å². The standard InChI is InChI=1S/C14H14N2O5/c1-15(2)10-5-4-9(6-11(10)20-3)7-12-13(18)16(8-17)14(19)21-12/h4-8H,1-3H3/b12-7+. The largest absolute Gasteiger partial charge is 0.495 e. The van der Waals surface area contributed by atoms with Crippen LogP contribution < -0.4 is 9.64 Å². The summed E-state index contributed by atoms with van der Waals surface area (Å²) in [6.45, 7) is 0. The molecule has 0 aliphatic carbocycles. The van der Waals surface area contributed by atoms with E-state index in [1.807, 2.05) is 25.1 Å². The molecule has 7 heteroatoms. The van der Waals surface area contributed by atoms with Gasteiger partial charge in [0.25, 0.3) is 0 Å². The second-order valence-electron chi connectivity index (χ2n) is 4.48. The number of amides is 3. The van der Waals surface area contributed by atoms with Gasteiger partial charge in [0.05, 0.1) is 12.8 Å². The molecule has 2 rings (SSSR count). The van der Waals surface area contributed by atoms with Gasteiger partial charge in [-0.1, -0.05) is 6.07 Å². The summed E-state index contributed by atoms with van der Waals surface area (Å²) in [7, 11) is 5.29. The Bertz CT molecular complexity index is 636. The fourth-order valence-corrected chi connectivity index (χ4v) is 1.88. The van der Waals surface area contributed by atoms with Crippen LogP contribution in [0.25, 0.3) is 6.08 Å². The minimum Gasteiger partial charge on any atom is -0.495 e. The third kappa shape index (κ3) is 2.71. The Morgan fingerprint density at radius 3 is 2.52 bits per heavy atom. The lowest BCUT2D eigenvalue weighted by molar-refractivity contribution is -0.130. The zero-order chi connectivity index (χ0) is 15.6. The first-order valence-corrected chi connectivity index (χ1v) is 6.05. The summed E-state index contributed by atoms with van der Waals surface area (Å²) in [6.07, 6.45) is 0.505. The van der Waals surface area contributed by atoms with Crippen molar-refractivity contribution < 1.29 is 23.9 Å². The summed E-state index contributed by atoms with van der Waals surface area (Å²) in [4.78, 5) is 35.8. The first-order valence-electron chi connectivity index (χ1n) is 6.05. The molecule has 0 N–H and O–H groups in total. The minimum absolute atomic E-state index is 0.126. The number of carbonyl (C=O) groups excluding carboxylic acids is 3. The molecule has 3 amide bonds. The monoisotopic (exact) mass is 290 g/mol. The van der Waals surface area contributed by atoms with Crippen LogP contribution in [0.1, 0.15) is 5.56 Å². The van der Waals surface area contributed by atoms with Gasteiger partial charge in [-0.3, -0.25) is 9.59 Å². The highest BCUT2D eigenvalue weighted by Gasteiger charge is 2.36. The van der Waals surface area contributed by atoms with E-state index in [1.165, 1.54) is 13.2 Å². The molecule has 1 saturated heterocycles. The molecule has 1 heterocycles. The molecule has 0 saturated carbocycles. The van der Waals surface area contributed by atoms with Crippen LogP contribution in [0, 0.1) is 0 Å². The average molecular weight is 290 g/mol. The molecule has 7 nitrogen and oxygen atoms in total. The summed E-state index contributed by atoms with van der Waals surface area (Å²) in [5.74, 6) is -0.379. The Morgan fingerprint density at radius 2 is 2.00 bits per heavy atom. The highest BCUT2D eigenvalue weighted by atomic mass is 16.6. The van der Waals surface area contributed by atoms with Gasteiger partial charge in [0.2, 0.25) is 6.41 Å². The van der Waals surface area contributed by atoms with Crippen molar-refractivity contribution in [3.8, 4) is 5.75 Å². The Kier molecular flexibility index (Phi) is 3.93. The van der Waals surface area contributed by atoms with Gasteiger partial charge < -0.3 is 14.4 Å². The molecule has 0 radical (unpaired) electrons. The summed E-state index contributed by atoms with van der Waals surface area (Å²) >= 11 is 0. The maximum Gasteiger partial charge on any atom is 0.429 e. The zero-order valence-corrected chi connectivity index (χ0v) is 11.8. The van der Waals surface area contributed by atoms with E-state index in [0.29, 0.717) is 16.2 Å². The maximum atomic E-state index is 11.7. The number of benzene rings is 1.